The molecule has 16 nitrogen and oxygen atoms in total. The number of methoxy groups -OCH3 is 1. The van der Waals surface area contributed by atoms with Crippen molar-refractivity contribution < 1.29 is 41.5 Å². The Morgan fingerprint density at radius 2 is 1.68 bits per heavy atom. The topological polar surface area (TPSA) is 195 Å². The number of pyridine rings is 1. The number of piperazine rings is 1. The van der Waals surface area contributed by atoms with Gasteiger partial charge in [-0.3, -0.25) is 24.7 Å². The van der Waals surface area contributed by atoms with Gasteiger partial charge in [0.05, 0.1) is 45.4 Å². The molecule has 2 saturated carbocycles. The number of sulfonamides is 1. The molecular weight excluding hydrogens is 995 g/mol. The Bertz CT molecular complexity index is 3220. The molecule has 0 bridgehead atoms. The van der Waals surface area contributed by atoms with E-state index in [1.807, 2.05) is 21.8 Å². The van der Waals surface area contributed by atoms with Gasteiger partial charge >= 0.3 is 0 Å². The second-order valence-corrected chi connectivity index (χ2v) is 23.6. The maximum absolute atomic E-state index is 16.6. The Morgan fingerprint density at radius 1 is 0.947 bits per heavy atom. The Hall–Kier alpha value is -6.67. The number of fused-ring (bicyclic) bond motifs is 1. The maximum atomic E-state index is 16.6. The number of H-pyrrole nitrogens is 1. The number of nitro benzene ring substituents is 1. The molecule has 76 heavy (non-hydrogen) atoms. The first-order valence-corrected chi connectivity index (χ1v) is 27.8. The Labute approximate surface area is 442 Å². The van der Waals surface area contributed by atoms with Gasteiger partial charge in [-0.25, -0.2) is 26.9 Å². The number of aromatic nitrogens is 2. The number of carbonyl (C=O) groups is 1. The summed E-state index contributed by atoms with van der Waals surface area (Å²) in [4.78, 5) is 39.2. The summed E-state index contributed by atoms with van der Waals surface area (Å²) in [5.41, 5.74) is 2.79. The predicted molar refractivity (Wildman–Crippen MR) is 286 cm³/mol. The first-order chi connectivity index (χ1) is 36.4. The largest absolute Gasteiger partial charge is 0.497 e. The van der Waals surface area contributed by atoms with E-state index in [1.165, 1.54) is 41.1 Å². The van der Waals surface area contributed by atoms with Crippen LogP contribution < -0.4 is 24.4 Å². The highest BCUT2D eigenvalue weighted by molar-refractivity contribution is 7.90. The van der Waals surface area contributed by atoms with Gasteiger partial charge in [-0.15, -0.1) is 0 Å². The molecule has 2 aliphatic heterocycles. The molecule has 2 aliphatic carbocycles. The molecule has 1 atom stereocenters. The molecule has 1 amide bonds. The fourth-order valence-electron chi connectivity index (χ4n) is 12.0. The molecule has 4 heterocycles. The molecule has 4 fully saturated rings. The van der Waals surface area contributed by atoms with Gasteiger partial charge in [0, 0.05) is 76.2 Å². The Balaban J connectivity index is 0.852. The standard InChI is InChI=1S/C57H66F2N8O8S/c1-36(2)43-7-5-6-8-44(43)52-35-64(34-38-9-11-40(74-4)12-10-38)23-24-66(52)39-29-57(30-39)19-21-65(22-20-57)50-28-53(75-41-25-45-48(59)33-62-54(45)61-32-41)46(27-47(50)58)55(68)63-76(72,73)42-13-14-49(51(26-42)67(70)71)60-31-37-15-17-56(3,69)18-16-37/h5-14,25-28,32-33,36-37,39,52,60,69H,15-24,29-31,34-35H2,1-4H3,(H,61,62)(H,63,68)/t37-,52?,56-. The summed E-state index contributed by atoms with van der Waals surface area (Å²) in [5.74, 6) is -1.48. The van der Waals surface area contributed by atoms with Gasteiger partial charge in [0.2, 0.25) is 0 Å². The zero-order valence-electron chi connectivity index (χ0n) is 43.4. The van der Waals surface area contributed by atoms with Gasteiger partial charge in [0.1, 0.15) is 40.2 Å². The molecule has 4 N–H and O–H groups in total. The van der Waals surface area contributed by atoms with Gasteiger partial charge < -0.3 is 29.8 Å². The van der Waals surface area contributed by atoms with Crippen LogP contribution in [-0.4, -0.2) is 102 Å². The van der Waals surface area contributed by atoms with Crippen molar-refractivity contribution in [3.05, 3.63) is 141 Å². The van der Waals surface area contributed by atoms with Crippen LogP contribution >= 0.6 is 0 Å². The van der Waals surface area contributed by atoms with Crippen molar-refractivity contribution in [3.63, 3.8) is 0 Å². The second kappa shape index (κ2) is 21.4. The van der Waals surface area contributed by atoms with Gasteiger partial charge in [-0.05, 0) is 129 Å². The number of nitrogens with one attached hydrogen (secondary N) is 3. The van der Waals surface area contributed by atoms with E-state index >= 15 is 4.39 Å². The number of hydrogen-bond acceptors (Lipinski definition) is 13. The highest BCUT2D eigenvalue weighted by Crippen LogP contribution is 2.54. The lowest BCUT2D eigenvalue weighted by molar-refractivity contribution is -0.384. The molecule has 2 saturated heterocycles. The number of aliphatic hydroxyl groups is 1. The van der Waals surface area contributed by atoms with Crippen LogP contribution in [0.15, 0.2) is 102 Å². The lowest BCUT2D eigenvalue weighted by Gasteiger charge is -2.58. The van der Waals surface area contributed by atoms with E-state index in [2.05, 4.69) is 75.3 Å². The second-order valence-electron chi connectivity index (χ2n) is 22.0. The number of nitrogens with zero attached hydrogens (tertiary/aromatic N) is 5. The van der Waals surface area contributed by atoms with Crippen LogP contribution in [0, 0.1) is 33.1 Å². The number of ether oxygens (including phenoxy) is 2. The number of nitro groups is 1. The van der Waals surface area contributed by atoms with Crippen LogP contribution in [0.3, 0.4) is 0 Å². The molecule has 402 valence electrons. The monoisotopic (exact) mass is 1060 g/mol. The van der Waals surface area contributed by atoms with E-state index in [9.17, 15) is 32.8 Å². The van der Waals surface area contributed by atoms with Crippen molar-refractivity contribution >= 4 is 44.0 Å². The summed E-state index contributed by atoms with van der Waals surface area (Å²) < 4.78 is 72.6. The highest BCUT2D eigenvalue weighted by Gasteiger charge is 2.50. The molecule has 6 aromatic rings. The molecule has 4 aliphatic rings. The zero-order chi connectivity index (χ0) is 53.5. The van der Waals surface area contributed by atoms with Crippen LogP contribution in [0.1, 0.15) is 111 Å². The normalized spacial score (nSPS) is 21.4. The quantitative estimate of drug-likeness (QED) is 0.0529. The summed E-state index contributed by atoms with van der Waals surface area (Å²) in [7, 11) is -3.10. The minimum Gasteiger partial charge on any atom is -0.497 e. The fraction of sp³-hybridized carbons (Fsp3) is 0.439. The van der Waals surface area contributed by atoms with E-state index in [-0.39, 0.29) is 51.3 Å². The lowest BCUT2D eigenvalue weighted by atomic mass is 9.59. The number of rotatable bonds is 16. The van der Waals surface area contributed by atoms with Crippen molar-refractivity contribution in [1.29, 1.82) is 0 Å². The van der Waals surface area contributed by atoms with Crippen molar-refractivity contribution in [3.8, 4) is 17.2 Å². The van der Waals surface area contributed by atoms with Crippen LogP contribution in [0.5, 0.6) is 17.2 Å². The SMILES string of the molecule is COc1ccc(CN2CCN(C3CC4(CCN(c5cc(Oc6cnc7[nH]cc(F)c7c6)c(C(=O)NS(=O)(=O)c6ccc(NC[C@H]7CC[C@](C)(O)CC7)c([N+](=O)[O-])c6)cc5F)CC4)C3)C(c3ccccc3C(C)C)C2)cc1. The van der Waals surface area contributed by atoms with Crippen LogP contribution in [0.4, 0.5) is 25.8 Å². The van der Waals surface area contributed by atoms with E-state index in [1.54, 1.807) is 14.0 Å². The Morgan fingerprint density at radius 3 is 2.39 bits per heavy atom. The van der Waals surface area contributed by atoms with E-state index in [4.69, 9.17) is 9.47 Å². The number of benzene rings is 4. The number of carbonyl (C=O) groups excluding carboxylic acids is 1. The number of amides is 1. The molecule has 0 radical (unpaired) electrons. The molecular formula is C57H66F2N8O8S. The summed E-state index contributed by atoms with van der Waals surface area (Å²) in [6.07, 6.45) is 8.71. The lowest BCUT2D eigenvalue weighted by Crippen LogP contribution is -2.60. The summed E-state index contributed by atoms with van der Waals surface area (Å²) >= 11 is 0. The molecule has 1 spiro atoms. The molecule has 19 heteroatoms. The molecule has 2 aromatic heterocycles. The first kappa shape index (κ1) is 52.8. The number of anilines is 2. The third-order valence-electron chi connectivity index (χ3n) is 16.5. The smallest absolute Gasteiger partial charge is 0.293 e. The first-order valence-electron chi connectivity index (χ1n) is 26.3. The maximum Gasteiger partial charge on any atom is 0.293 e. The van der Waals surface area contributed by atoms with Crippen molar-refractivity contribution in [2.24, 2.45) is 11.3 Å². The van der Waals surface area contributed by atoms with Crippen molar-refractivity contribution in [2.75, 3.05) is 56.6 Å². The minimum absolute atomic E-state index is 0.00628. The van der Waals surface area contributed by atoms with Gasteiger partial charge in [-0.2, -0.15) is 0 Å². The van der Waals surface area contributed by atoms with E-state index in [0.29, 0.717) is 44.4 Å². The van der Waals surface area contributed by atoms with E-state index in [0.717, 1.165) is 94.8 Å². The van der Waals surface area contributed by atoms with Gasteiger partial charge in [0.15, 0.2) is 0 Å². The molecule has 4 aromatic carbocycles. The summed E-state index contributed by atoms with van der Waals surface area (Å²) in [6, 6.07) is 24.7. The third kappa shape index (κ3) is 11.2. The number of piperidine rings is 1. The third-order valence-corrected chi connectivity index (χ3v) is 17.8. The summed E-state index contributed by atoms with van der Waals surface area (Å²) in [6.45, 7) is 11.3. The zero-order valence-corrected chi connectivity index (χ0v) is 44.2. The minimum atomic E-state index is -4.78. The molecule has 1 unspecified atom stereocenters. The van der Waals surface area contributed by atoms with Crippen molar-refractivity contribution in [2.45, 2.75) is 107 Å². The van der Waals surface area contributed by atoms with Gasteiger partial charge in [-0.1, -0.05) is 50.2 Å². The average Bonchev–Trinajstić information content (AvgIpc) is 3.81. The van der Waals surface area contributed by atoms with Crippen LogP contribution in [-0.2, 0) is 16.6 Å². The fourth-order valence-corrected chi connectivity index (χ4v) is 13.0. The number of aromatic amines is 1. The summed E-state index contributed by atoms with van der Waals surface area (Å²) in [5, 5.41) is 25.7. The predicted octanol–water partition coefficient (Wildman–Crippen LogP) is 10.5. The molecule has 10 rings (SSSR count). The van der Waals surface area contributed by atoms with Crippen molar-refractivity contribution in [1.82, 2.24) is 24.5 Å². The number of halogens is 2. The number of hydrogen-bond donors (Lipinski definition) is 4. The van der Waals surface area contributed by atoms with Crippen LogP contribution in [0.2, 0.25) is 0 Å². The van der Waals surface area contributed by atoms with E-state index < -0.39 is 54.2 Å². The average molecular weight is 1060 g/mol. The Kier molecular flexibility index (Phi) is 14.9. The van der Waals surface area contributed by atoms with Gasteiger partial charge in [0.25, 0.3) is 21.6 Å². The highest BCUT2D eigenvalue weighted by atomic mass is 32.2. The van der Waals surface area contributed by atoms with Crippen LogP contribution in [0.25, 0.3) is 11.0 Å².